The SMILES string of the molecule is O=C(Cc1ccccc1F)NC[C@@H](C(=O)O)c1ccccc1. The average Bonchev–Trinajstić information content (AvgIpc) is 2.50. The fraction of sp³-hybridized carbons (Fsp3) is 0.176. The first-order valence-electron chi connectivity index (χ1n) is 6.86. The Morgan fingerprint density at radius 3 is 2.32 bits per heavy atom. The van der Waals surface area contributed by atoms with E-state index in [0.717, 1.165) is 0 Å². The van der Waals surface area contributed by atoms with Crippen LogP contribution in [0.25, 0.3) is 0 Å². The van der Waals surface area contributed by atoms with Gasteiger partial charge in [-0.1, -0.05) is 48.5 Å². The number of carboxylic acid groups (broad SMARTS) is 1. The molecule has 2 rings (SSSR count). The lowest BCUT2D eigenvalue weighted by atomic mass is 9.99. The van der Waals surface area contributed by atoms with Gasteiger partial charge in [-0.3, -0.25) is 9.59 Å². The van der Waals surface area contributed by atoms with Gasteiger partial charge in [0.15, 0.2) is 0 Å². The molecule has 0 saturated heterocycles. The van der Waals surface area contributed by atoms with Gasteiger partial charge in [-0.2, -0.15) is 0 Å². The van der Waals surface area contributed by atoms with E-state index in [4.69, 9.17) is 0 Å². The predicted octanol–water partition coefficient (Wildman–Crippen LogP) is 2.35. The number of carbonyl (C=O) groups excluding carboxylic acids is 1. The third kappa shape index (κ3) is 4.15. The van der Waals surface area contributed by atoms with Gasteiger partial charge >= 0.3 is 5.97 Å². The monoisotopic (exact) mass is 301 g/mol. The smallest absolute Gasteiger partial charge is 0.312 e. The predicted molar refractivity (Wildman–Crippen MR) is 79.9 cm³/mol. The second-order valence-corrected chi connectivity index (χ2v) is 4.87. The maximum atomic E-state index is 13.5. The van der Waals surface area contributed by atoms with Crippen molar-refractivity contribution in [2.45, 2.75) is 12.3 Å². The van der Waals surface area contributed by atoms with Gasteiger partial charge in [0.05, 0.1) is 12.3 Å². The summed E-state index contributed by atoms with van der Waals surface area (Å²) in [4.78, 5) is 23.2. The van der Waals surface area contributed by atoms with Crippen molar-refractivity contribution < 1.29 is 19.1 Å². The molecule has 0 bridgehead atoms. The standard InChI is InChI=1S/C17H16FNO3/c18-15-9-5-4-8-13(15)10-16(20)19-11-14(17(21)22)12-6-2-1-3-7-12/h1-9,14H,10-11H2,(H,19,20)(H,21,22)/t14-/m1/s1. The van der Waals surface area contributed by atoms with Crippen LogP contribution in [0.15, 0.2) is 54.6 Å². The van der Waals surface area contributed by atoms with Crippen molar-refractivity contribution in [2.75, 3.05) is 6.54 Å². The normalized spacial score (nSPS) is 11.7. The molecular weight excluding hydrogens is 285 g/mol. The van der Waals surface area contributed by atoms with Crippen molar-refractivity contribution in [3.63, 3.8) is 0 Å². The number of amides is 1. The van der Waals surface area contributed by atoms with E-state index in [0.29, 0.717) is 5.56 Å². The van der Waals surface area contributed by atoms with Crippen molar-refractivity contribution in [3.8, 4) is 0 Å². The minimum atomic E-state index is -1.02. The molecule has 0 aliphatic heterocycles. The topological polar surface area (TPSA) is 66.4 Å². The Balaban J connectivity index is 1.97. The molecule has 0 saturated carbocycles. The second-order valence-electron chi connectivity index (χ2n) is 4.87. The van der Waals surface area contributed by atoms with Gasteiger partial charge in [0.1, 0.15) is 5.82 Å². The summed E-state index contributed by atoms with van der Waals surface area (Å²) in [5.74, 6) is -2.70. The van der Waals surface area contributed by atoms with Crippen LogP contribution in [0.1, 0.15) is 17.0 Å². The van der Waals surface area contributed by atoms with E-state index in [2.05, 4.69) is 5.32 Å². The van der Waals surface area contributed by atoms with Crippen molar-refractivity contribution in [2.24, 2.45) is 0 Å². The number of halogens is 1. The zero-order valence-electron chi connectivity index (χ0n) is 11.8. The number of carboxylic acids is 1. The lowest BCUT2D eigenvalue weighted by Crippen LogP contribution is -2.32. The van der Waals surface area contributed by atoms with Crippen molar-refractivity contribution in [1.29, 1.82) is 0 Å². The van der Waals surface area contributed by atoms with Crippen molar-refractivity contribution >= 4 is 11.9 Å². The summed E-state index contributed by atoms with van der Waals surface area (Å²) >= 11 is 0. The molecule has 2 aromatic rings. The van der Waals surface area contributed by atoms with Crippen LogP contribution < -0.4 is 5.32 Å². The first kappa shape index (κ1) is 15.7. The molecule has 1 atom stereocenters. The number of carbonyl (C=O) groups is 2. The Kier molecular flexibility index (Phi) is 5.25. The second kappa shape index (κ2) is 7.36. The molecular formula is C17H16FNO3. The lowest BCUT2D eigenvalue weighted by molar-refractivity contribution is -0.138. The highest BCUT2D eigenvalue weighted by molar-refractivity contribution is 5.81. The molecule has 5 heteroatoms. The first-order valence-corrected chi connectivity index (χ1v) is 6.86. The third-order valence-corrected chi connectivity index (χ3v) is 3.31. The van der Waals surface area contributed by atoms with Crippen LogP contribution in [0.5, 0.6) is 0 Å². The van der Waals surface area contributed by atoms with E-state index in [1.807, 2.05) is 0 Å². The summed E-state index contributed by atoms with van der Waals surface area (Å²) < 4.78 is 13.5. The first-order chi connectivity index (χ1) is 10.6. The number of rotatable bonds is 6. The van der Waals surface area contributed by atoms with Gasteiger partial charge in [-0.25, -0.2) is 4.39 Å². The van der Waals surface area contributed by atoms with Gasteiger partial charge in [-0.05, 0) is 17.2 Å². The highest BCUT2D eigenvalue weighted by Gasteiger charge is 2.20. The van der Waals surface area contributed by atoms with Crippen LogP contribution in [0.3, 0.4) is 0 Å². The largest absolute Gasteiger partial charge is 0.481 e. The van der Waals surface area contributed by atoms with Crippen LogP contribution in [0.2, 0.25) is 0 Å². The summed E-state index contributed by atoms with van der Waals surface area (Å²) in [5, 5.41) is 11.8. The highest BCUT2D eigenvalue weighted by atomic mass is 19.1. The Bertz CT molecular complexity index is 658. The fourth-order valence-corrected chi connectivity index (χ4v) is 2.13. The average molecular weight is 301 g/mol. The number of benzene rings is 2. The Morgan fingerprint density at radius 2 is 1.68 bits per heavy atom. The number of nitrogens with one attached hydrogen (secondary N) is 1. The van der Waals surface area contributed by atoms with Gasteiger partial charge in [0, 0.05) is 6.54 Å². The summed E-state index contributed by atoms with van der Waals surface area (Å²) in [7, 11) is 0. The van der Waals surface area contributed by atoms with E-state index in [-0.39, 0.29) is 18.5 Å². The van der Waals surface area contributed by atoms with E-state index in [1.54, 1.807) is 42.5 Å². The van der Waals surface area contributed by atoms with Crippen LogP contribution >= 0.6 is 0 Å². The zero-order valence-corrected chi connectivity index (χ0v) is 11.8. The summed E-state index contributed by atoms with van der Waals surface area (Å²) in [6, 6.07) is 14.7. The molecule has 114 valence electrons. The maximum Gasteiger partial charge on any atom is 0.312 e. The number of hydrogen-bond donors (Lipinski definition) is 2. The Hall–Kier alpha value is -2.69. The van der Waals surface area contributed by atoms with Crippen LogP contribution in [0, 0.1) is 5.82 Å². The zero-order chi connectivity index (χ0) is 15.9. The molecule has 0 aromatic heterocycles. The third-order valence-electron chi connectivity index (χ3n) is 3.31. The Morgan fingerprint density at radius 1 is 1.05 bits per heavy atom. The number of aliphatic carboxylic acids is 1. The van der Waals surface area contributed by atoms with E-state index in [1.165, 1.54) is 12.1 Å². The van der Waals surface area contributed by atoms with Gasteiger partial charge in [0.2, 0.25) is 5.91 Å². The quantitative estimate of drug-likeness (QED) is 0.860. The maximum absolute atomic E-state index is 13.5. The summed E-state index contributed by atoms with van der Waals surface area (Å²) in [6.45, 7) is -0.0351. The molecule has 0 heterocycles. The fourth-order valence-electron chi connectivity index (χ4n) is 2.13. The summed E-state index contributed by atoms with van der Waals surface area (Å²) in [6.07, 6.45) is -0.117. The van der Waals surface area contributed by atoms with Gasteiger partial charge in [-0.15, -0.1) is 0 Å². The molecule has 22 heavy (non-hydrogen) atoms. The molecule has 1 amide bonds. The minimum Gasteiger partial charge on any atom is -0.481 e. The molecule has 0 radical (unpaired) electrons. The van der Waals surface area contributed by atoms with Crippen LogP contribution in [0.4, 0.5) is 4.39 Å². The number of hydrogen-bond acceptors (Lipinski definition) is 2. The molecule has 2 N–H and O–H groups in total. The van der Waals surface area contributed by atoms with E-state index < -0.39 is 23.6 Å². The molecule has 0 fully saturated rings. The molecule has 0 spiro atoms. The van der Waals surface area contributed by atoms with Crippen LogP contribution in [-0.4, -0.2) is 23.5 Å². The molecule has 0 unspecified atom stereocenters. The molecule has 0 aliphatic carbocycles. The van der Waals surface area contributed by atoms with Crippen molar-refractivity contribution in [1.82, 2.24) is 5.32 Å². The molecule has 4 nitrogen and oxygen atoms in total. The van der Waals surface area contributed by atoms with E-state index >= 15 is 0 Å². The minimum absolute atomic E-state index is 0.0351. The van der Waals surface area contributed by atoms with Crippen LogP contribution in [-0.2, 0) is 16.0 Å². The lowest BCUT2D eigenvalue weighted by Gasteiger charge is -2.14. The molecule has 0 aliphatic rings. The molecule has 2 aromatic carbocycles. The summed E-state index contributed by atoms with van der Waals surface area (Å²) in [5.41, 5.74) is 0.896. The Labute approximate surface area is 127 Å². The van der Waals surface area contributed by atoms with E-state index in [9.17, 15) is 19.1 Å². The van der Waals surface area contributed by atoms with Crippen molar-refractivity contribution in [3.05, 3.63) is 71.5 Å². The highest BCUT2D eigenvalue weighted by Crippen LogP contribution is 2.15. The van der Waals surface area contributed by atoms with Gasteiger partial charge in [0.25, 0.3) is 0 Å². The van der Waals surface area contributed by atoms with Gasteiger partial charge < -0.3 is 10.4 Å².